The lowest BCUT2D eigenvalue weighted by Gasteiger charge is -2.39. The van der Waals surface area contributed by atoms with E-state index in [4.69, 9.17) is 5.73 Å². The number of likely N-dealkylation sites (tertiary alicyclic amines) is 1. The van der Waals surface area contributed by atoms with E-state index in [1.807, 2.05) is 0 Å². The summed E-state index contributed by atoms with van der Waals surface area (Å²) in [5.41, 5.74) is 5.65. The predicted octanol–water partition coefficient (Wildman–Crippen LogP) is 0.631. The van der Waals surface area contributed by atoms with Gasteiger partial charge in [0, 0.05) is 19.1 Å². The fraction of sp³-hybridized carbons (Fsp3) is 0.769. The molecule has 3 rings (SSSR count). The second-order valence-electron chi connectivity index (χ2n) is 5.88. The van der Waals surface area contributed by atoms with Crippen LogP contribution in [-0.4, -0.2) is 60.0 Å². The molecule has 7 nitrogen and oxygen atoms in total. The molecule has 0 aromatic carbocycles. The van der Waals surface area contributed by atoms with Gasteiger partial charge in [0.2, 0.25) is 10.0 Å². The monoisotopic (exact) mass is 313 g/mol. The first kappa shape index (κ1) is 14.8. The highest BCUT2D eigenvalue weighted by atomic mass is 32.2. The summed E-state index contributed by atoms with van der Waals surface area (Å²) in [5, 5.41) is 6.20. The molecule has 3 heterocycles. The minimum atomic E-state index is -3.51. The largest absolute Gasteiger partial charge is 0.383 e. The minimum Gasteiger partial charge on any atom is -0.383 e. The zero-order valence-corrected chi connectivity index (χ0v) is 13.0. The molecular weight excluding hydrogens is 290 g/mol. The number of anilines is 1. The predicted molar refractivity (Wildman–Crippen MR) is 80.2 cm³/mol. The average Bonchev–Trinajstić information content (AvgIpc) is 2.95. The highest BCUT2D eigenvalue weighted by Gasteiger charge is 2.33. The van der Waals surface area contributed by atoms with Crippen molar-refractivity contribution in [2.24, 2.45) is 0 Å². The first-order valence-corrected chi connectivity index (χ1v) is 9.06. The molecule has 2 fully saturated rings. The van der Waals surface area contributed by atoms with E-state index < -0.39 is 10.0 Å². The molecule has 0 saturated carbocycles. The third-order valence-electron chi connectivity index (χ3n) is 4.58. The van der Waals surface area contributed by atoms with Crippen LogP contribution >= 0.6 is 0 Å². The van der Waals surface area contributed by atoms with E-state index in [-0.39, 0.29) is 10.7 Å². The van der Waals surface area contributed by atoms with Crippen LogP contribution < -0.4 is 5.73 Å². The van der Waals surface area contributed by atoms with E-state index >= 15 is 0 Å². The molecule has 0 bridgehead atoms. The molecule has 2 aliphatic rings. The van der Waals surface area contributed by atoms with Crippen molar-refractivity contribution in [1.82, 2.24) is 19.4 Å². The molecule has 0 atom stereocenters. The van der Waals surface area contributed by atoms with Crippen molar-refractivity contribution in [2.45, 2.75) is 43.0 Å². The van der Waals surface area contributed by atoms with Crippen LogP contribution in [0.3, 0.4) is 0 Å². The van der Waals surface area contributed by atoms with Crippen LogP contribution in [0.5, 0.6) is 0 Å². The molecule has 118 valence electrons. The van der Waals surface area contributed by atoms with Crippen molar-refractivity contribution in [3.05, 3.63) is 6.20 Å². The first-order valence-electron chi connectivity index (χ1n) is 7.62. The third kappa shape index (κ3) is 2.93. The van der Waals surface area contributed by atoms with Gasteiger partial charge < -0.3 is 10.6 Å². The number of aromatic nitrogens is 2. The highest BCUT2D eigenvalue weighted by Crippen LogP contribution is 2.26. The maximum atomic E-state index is 12.5. The number of hydrogen-bond donors (Lipinski definition) is 2. The number of aromatic amines is 1. The minimum absolute atomic E-state index is 0.0962. The first-order chi connectivity index (χ1) is 10.1. The van der Waals surface area contributed by atoms with Crippen molar-refractivity contribution in [3.63, 3.8) is 0 Å². The van der Waals surface area contributed by atoms with Gasteiger partial charge >= 0.3 is 0 Å². The van der Waals surface area contributed by atoms with Crippen LogP contribution in [0.2, 0.25) is 0 Å². The Labute approximate surface area is 125 Å². The quantitative estimate of drug-likeness (QED) is 0.853. The SMILES string of the molecule is Nc1[nH]ncc1S(=O)(=O)N1CCC(N2CCCCC2)CC1. The van der Waals surface area contributed by atoms with Crippen LogP contribution in [0.15, 0.2) is 11.1 Å². The lowest BCUT2D eigenvalue weighted by molar-refractivity contribution is 0.118. The number of hydrogen-bond acceptors (Lipinski definition) is 5. The second-order valence-corrected chi connectivity index (χ2v) is 7.79. The van der Waals surface area contributed by atoms with Gasteiger partial charge in [-0.15, -0.1) is 0 Å². The summed E-state index contributed by atoms with van der Waals surface area (Å²) in [6.45, 7) is 3.44. The Morgan fingerprint density at radius 3 is 2.38 bits per heavy atom. The maximum Gasteiger partial charge on any atom is 0.248 e. The molecule has 21 heavy (non-hydrogen) atoms. The van der Waals surface area contributed by atoms with Crippen molar-refractivity contribution in [3.8, 4) is 0 Å². The number of nitrogens with one attached hydrogen (secondary N) is 1. The zero-order chi connectivity index (χ0) is 14.9. The highest BCUT2D eigenvalue weighted by molar-refractivity contribution is 7.89. The number of rotatable bonds is 3. The van der Waals surface area contributed by atoms with Gasteiger partial charge in [0.25, 0.3) is 0 Å². The lowest BCUT2D eigenvalue weighted by Crippen LogP contribution is -2.48. The molecule has 3 N–H and O–H groups in total. The van der Waals surface area contributed by atoms with Crippen LogP contribution in [0.25, 0.3) is 0 Å². The molecule has 2 saturated heterocycles. The van der Waals surface area contributed by atoms with Crippen LogP contribution in [0.4, 0.5) is 5.82 Å². The van der Waals surface area contributed by atoms with Crippen molar-refractivity contribution in [1.29, 1.82) is 0 Å². The molecule has 0 amide bonds. The number of H-pyrrole nitrogens is 1. The standard InChI is InChI=1S/C13H23N5O2S/c14-13-12(10-15-16-13)21(19,20)18-8-4-11(5-9-18)17-6-2-1-3-7-17/h10-11H,1-9H2,(H3,14,15,16). The van der Waals surface area contributed by atoms with Gasteiger partial charge in [-0.3, -0.25) is 5.10 Å². The molecule has 2 aliphatic heterocycles. The Hall–Kier alpha value is -1.12. The van der Waals surface area contributed by atoms with E-state index in [1.54, 1.807) is 0 Å². The Bertz CT molecular complexity index is 571. The third-order valence-corrected chi connectivity index (χ3v) is 6.51. The number of nitrogen functional groups attached to an aromatic ring is 1. The number of nitrogens with zero attached hydrogens (tertiary/aromatic N) is 3. The van der Waals surface area contributed by atoms with Gasteiger partial charge in [0.05, 0.1) is 6.20 Å². The molecular formula is C13H23N5O2S. The summed E-state index contributed by atoms with van der Waals surface area (Å²) < 4.78 is 26.6. The topological polar surface area (TPSA) is 95.3 Å². The van der Waals surface area contributed by atoms with Gasteiger partial charge in [0.15, 0.2) is 0 Å². The zero-order valence-electron chi connectivity index (χ0n) is 12.2. The summed E-state index contributed by atoms with van der Waals surface area (Å²) >= 11 is 0. The Morgan fingerprint density at radius 2 is 1.81 bits per heavy atom. The van der Waals surface area contributed by atoms with Crippen LogP contribution in [0.1, 0.15) is 32.1 Å². The fourth-order valence-corrected chi connectivity index (χ4v) is 4.84. The normalized spacial score (nSPS) is 23.4. The molecule has 0 unspecified atom stereocenters. The van der Waals surface area contributed by atoms with Gasteiger partial charge in [-0.1, -0.05) is 6.42 Å². The molecule has 8 heteroatoms. The summed E-state index contributed by atoms with van der Waals surface area (Å²) in [6.07, 6.45) is 6.95. The van der Waals surface area contributed by atoms with E-state index in [2.05, 4.69) is 15.1 Å². The number of piperidine rings is 2. The number of sulfonamides is 1. The fourth-order valence-electron chi connectivity index (χ4n) is 3.36. The molecule has 0 spiro atoms. The Kier molecular flexibility index (Phi) is 4.19. The van der Waals surface area contributed by atoms with Gasteiger partial charge in [-0.2, -0.15) is 9.40 Å². The van der Waals surface area contributed by atoms with Crippen molar-refractivity contribution < 1.29 is 8.42 Å². The second kappa shape index (κ2) is 5.94. The summed E-state index contributed by atoms with van der Waals surface area (Å²) in [6, 6.07) is 0.526. The van der Waals surface area contributed by atoms with Gasteiger partial charge in [-0.25, -0.2) is 8.42 Å². The molecule has 1 aromatic rings. The molecule has 0 aliphatic carbocycles. The van der Waals surface area contributed by atoms with Gasteiger partial charge in [0.1, 0.15) is 10.7 Å². The Balaban J connectivity index is 1.64. The smallest absolute Gasteiger partial charge is 0.248 e. The van der Waals surface area contributed by atoms with Crippen molar-refractivity contribution >= 4 is 15.8 Å². The summed E-state index contributed by atoms with van der Waals surface area (Å²) in [4.78, 5) is 2.62. The van der Waals surface area contributed by atoms with Gasteiger partial charge in [-0.05, 0) is 38.8 Å². The van der Waals surface area contributed by atoms with Crippen LogP contribution in [-0.2, 0) is 10.0 Å². The Morgan fingerprint density at radius 1 is 1.14 bits per heavy atom. The maximum absolute atomic E-state index is 12.5. The molecule has 1 aromatic heterocycles. The van der Waals surface area contributed by atoms with Crippen LogP contribution in [0, 0.1) is 0 Å². The van der Waals surface area contributed by atoms with E-state index in [1.165, 1.54) is 29.8 Å². The van der Waals surface area contributed by atoms with E-state index in [0.717, 1.165) is 25.9 Å². The number of nitrogens with two attached hydrogens (primary N) is 1. The molecule has 0 radical (unpaired) electrons. The summed E-state index contributed by atoms with van der Waals surface area (Å²) in [5.74, 6) is 0.119. The van der Waals surface area contributed by atoms with E-state index in [9.17, 15) is 8.42 Å². The van der Waals surface area contributed by atoms with E-state index in [0.29, 0.717) is 19.1 Å². The average molecular weight is 313 g/mol. The van der Waals surface area contributed by atoms with Crippen molar-refractivity contribution in [2.75, 3.05) is 31.9 Å². The summed E-state index contributed by atoms with van der Waals surface area (Å²) in [7, 11) is -3.51. The lowest BCUT2D eigenvalue weighted by atomic mass is 10.0.